The topological polar surface area (TPSA) is 50.4 Å². The van der Waals surface area contributed by atoms with Crippen molar-refractivity contribution in [3.63, 3.8) is 0 Å². The molecule has 2 N–H and O–H groups in total. The molecular weight excluding hydrogens is 212 g/mol. The molecule has 2 rings (SSSR count). The molecular formula is C10H18N2O2S. The maximum atomic E-state index is 11.8. The fraction of sp³-hybridized carbons (Fsp3) is 0.900. The Balaban J connectivity index is 1.71. The highest BCUT2D eigenvalue weighted by Crippen LogP contribution is 2.25. The number of rotatable bonds is 3. The number of amides is 1. The summed E-state index contributed by atoms with van der Waals surface area (Å²) in [5.41, 5.74) is 0.164. The molecule has 15 heavy (non-hydrogen) atoms. The number of nitrogens with one attached hydrogen (secondary N) is 2. The maximum Gasteiger partial charge on any atom is 0.238 e. The Labute approximate surface area is 94.5 Å². The molecule has 2 aliphatic heterocycles. The summed E-state index contributed by atoms with van der Waals surface area (Å²) in [7, 11) is 0. The highest BCUT2D eigenvalue weighted by atomic mass is 32.2. The molecule has 1 atom stereocenters. The molecule has 0 saturated carbocycles. The van der Waals surface area contributed by atoms with Gasteiger partial charge in [-0.05, 0) is 0 Å². The lowest BCUT2D eigenvalue weighted by Crippen LogP contribution is -2.54. The van der Waals surface area contributed by atoms with Gasteiger partial charge in [0.25, 0.3) is 0 Å². The Morgan fingerprint density at radius 3 is 3.00 bits per heavy atom. The molecule has 2 aliphatic rings. The van der Waals surface area contributed by atoms with Crippen LogP contribution in [0.1, 0.15) is 6.92 Å². The van der Waals surface area contributed by atoms with Gasteiger partial charge in [-0.25, -0.2) is 0 Å². The SMILES string of the molecule is CC1(CNC(=O)C2CSCCN2)COC1. The van der Waals surface area contributed by atoms with E-state index in [0.29, 0.717) is 0 Å². The van der Waals surface area contributed by atoms with Crippen molar-refractivity contribution >= 4 is 17.7 Å². The molecule has 4 nitrogen and oxygen atoms in total. The summed E-state index contributed by atoms with van der Waals surface area (Å²) in [6.45, 7) is 5.33. The fourth-order valence-corrected chi connectivity index (χ4v) is 2.64. The van der Waals surface area contributed by atoms with E-state index in [1.165, 1.54) is 0 Å². The molecule has 0 bridgehead atoms. The molecule has 5 heteroatoms. The van der Waals surface area contributed by atoms with E-state index < -0.39 is 0 Å². The minimum absolute atomic E-state index is 0.00616. The van der Waals surface area contributed by atoms with Gasteiger partial charge in [-0.1, -0.05) is 6.92 Å². The van der Waals surface area contributed by atoms with Crippen molar-refractivity contribution in [1.29, 1.82) is 0 Å². The van der Waals surface area contributed by atoms with Crippen LogP contribution in [0.15, 0.2) is 0 Å². The van der Waals surface area contributed by atoms with Gasteiger partial charge >= 0.3 is 0 Å². The van der Waals surface area contributed by atoms with Crippen molar-refractivity contribution in [2.45, 2.75) is 13.0 Å². The molecule has 0 aromatic heterocycles. The zero-order chi connectivity index (χ0) is 10.7. The van der Waals surface area contributed by atoms with E-state index in [4.69, 9.17) is 4.74 Å². The minimum Gasteiger partial charge on any atom is -0.380 e. The van der Waals surface area contributed by atoms with Crippen LogP contribution in [0.2, 0.25) is 0 Å². The summed E-state index contributed by atoms with van der Waals surface area (Å²) < 4.78 is 5.14. The largest absolute Gasteiger partial charge is 0.380 e. The zero-order valence-corrected chi connectivity index (χ0v) is 9.86. The van der Waals surface area contributed by atoms with E-state index in [1.807, 2.05) is 11.8 Å². The summed E-state index contributed by atoms with van der Waals surface area (Å²) in [6, 6.07) is -0.00616. The number of carbonyl (C=O) groups is 1. The maximum absolute atomic E-state index is 11.8. The van der Waals surface area contributed by atoms with E-state index in [0.717, 1.165) is 37.8 Å². The van der Waals surface area contributed by atoms with Crippen LogP contribution in [0.5, 0.6) is 0 Å². The lowest BCUT2D eigenvalue weighted by molar-refractivity contribution is -0.128. The molecule has 0 spiro atoms. The highest BCUT2D eigenvalue weighted by molar-refractivity contribution is 7.99. The molecule has 2 fully saturated rings. The Kier molecular flexibility index (Phi) is 3.53. The molecule has 2 saturated heterocycles. The first-order valence-electron chi connectivity index (χ1n) is 5.36. The second-order valence-electron chi connectivity index (χ2n) is 4.60. The van der Waals surface area contributed by atoms with Crippen molar-refractivity contribution in [2.24, 2.45) is 5.41 Å². The minimum atomic E-state index is -0.00616. The quantitative estimate of drug-likeness (QED) is 0.707. The first-order valence-corrected chi connectivity index (χ1v) is 6.52. The van der Waals surface area contributed by atoms with Gasteiger partial charge in [0.15, 0.2) is 0 Å². The van der Waals surface area contributed by atoms with Crippen molar-refractivity contribution in [3.8, 4) is 0 Å². The van der Waals surface area contributed by atoms with Gasteiger partial charge < -0.3 is 15.4 Å². The fourth-order valence-electron chi connectivity index (χ4n) is 1.71. The molecule has 2 heterocycles. The molecule has 0 radical (unpaired) electrons. The smallest absolute Gasteiger partial charge is 0.238 e. The van der Waals surface area contributed by atoms with Crippen molar-refractivity contribution in [1.82, 2.24) is 10.6 Å². The average Bonchev–Trinajstić information content (AvgIpc) is 2.24. The van der Waals surface area contributed by atoms with Crippen LogP contribution >= 0.6 is 11.8 Å². The van der Waals surface area contributed by atoms with Crippen molar-refractivity contribution in [3.05, 3.63) is 0 Å². The third-order valence-corrected chi connectivity index (χ3v) is 3.89. The summed E-state index contributed by atoms with van der Waals surface area (Å²) in [4.78, 5) is 11.8. The molecule has 0 aromatic carbocycles. The number of hydrogen-bond acceptors (Lipinski definition) is 4. The van der Waals surface area contributed by atoms with Crippen LogP contribution in [0.3, 0.4) is 0 Å². The van der Waals surface area contributed by atoms with E-state index in [-0.39, 0.29) is 17.4 Å². The number of thioether (sulfide) groups is 1. The van der Waals surface area contributed by atoms with Crippen LogP contribution in [0.25, 0.3) is 0 Å². The Morgan fingerprint density at radius 1 is 1.67 bits per heavy atom. The van der Waals surface area contributed by atoms with Crippen LogP contribution < -0.4 is 10.6 Å². The van der Waals surface area contributed by atoms with Gasteiger partial charge in [0, 0.05) is 30.0 Å². The van der Waals surface area contributed by atoms with Gasteiger partial charge in [-0.15, -0.1) is 0 Å². The van der Waals surface area contributed by atoms with E-state index >= 15 is 0 Å². The van der Waals surface area contributed by atoms with Crippen LogP contribution in [0.4, 0.5) is 0 Å². The second-order valence-corrected chi connectivity index (χ2v) is 5.75. The Morgan fingerprint density at radius 2 is 2.47 bits per heavy atom. The summed E-state index contributed by atoms with van der Waals surface area (Å²) >= 11 is 1.84. The number of ether oxygens (including phenoxy) is 1. The lowest BCUT2D eigenvalue weighted by atomic mass is 9.89. The summed E-state index contributed by atoms with van der Waals surface area (Å²) in [5.74, 6) is 2.13. The standard InChI is InChI=1S/C10H18N2O2S/c1-10(6-14-7-10)5-12-9(13)8-4-15-3-2-11-8/h8,11H,2-7H2,1H3,(H,12,13). The molecule has 1 amide bonds. The average molecular weight is 230 g/mol. The predicted octanol–water partition coefficient (Wildman–Crippen LogP) is -0.156. The number of carbonyl (C=O) groups excluding carboxylic acids is 1. The van der Waals surface area contributed by atoms with E-state index in [9.17, 15) is 4.79 Å². The molecule has 1 unspecified atom stereocenters. The highest BCUT2D eigenvalue weighted by Gasteiger charge is 2.34. The molecule has 0 aromatic rings. The van der Waals surface area contributed by atoms with Gasteiger partial charge in [-0.2, -0.15) is 11.8 Å². The third kappa shape index (κ3) is 2.86. The lowest BCUT2D eigenvalue weighted by Gasteiger charge is -2.38. The van der Waals surface area contributed by atoms with Gasteiger partial charge in [0.1, 0.15) is 0 Å². The van der Waals surface area contributed by atoms with Crippen molar-refractivity contribution in [2.75, 3.05) is 37.8 Å². The van der Waals surface area contributed by atoms with Gasteiger partial charge in [0.2, 0.25) is 5.91 Å². The second kappa shape index (κ2) is 4.72. The first-order chi connectivity index (χ1) is 7.20. The third-order valence-electron chi connectivity index (χ3n) is 2.83. The van der Waals surface area contributed by atoms with E-state index in [2.05, 4.69) is 17.6 Å². The summed E-state index contributed by atoms with van der Waals surface area (Å²) in [6.07, 6.45) is 0. The van der Waals surface area contributed by atoms with Gasteiger partial charge in [0.05, 0.1) is 19.3 Å². The predicted molar refractivity (Wildman–Crippen MR) is 61.1 cm³/mol. The van der Waals surface area contributed by atoms with Crippen LogP contribution in [-0.2, 0) is 9.53 Å². The van der Waals surface area contributed by atoms with Crippen LogP contribution in [-0.4, -0.2) is 49.8 Å². The first kappa shape index (κ1) is 11.2. The Hall–Kier alpha value is -0.260. The van der Waals surface area contributed by atoms with Crippen molar-refractivity contribution < 1.29 is 9.53 Å². The van der Waals surface area contributed by atoms with Gasteiger partial charge in [-0.3, -0.25) is 4.79 Å². The normalized spacial score (nSPS) is 29.3. The summed E-state index contributed by atoms with van der Waals surface area (Å²) in [5, 5.41) is 6.23. The van der Waals surface area contributed by atoms with E-state index in [1.54, 1.807) is 0 Å². The monoisotopic (exact) mass is 230 g/mol. The number of hydrogen-bond donors (Lipinski definition) is 2. The van der Waals surface area contributed by atoms with Crippen LogP contribution in [0, 0.1) is 5.41 Å². The molecule has 0 aliphatic carbocycles. The Bertz CT molecular complexity index is 238. The zero-order valence-electron chi connectivity index (χ0n) is 9.04. The molecule has 86 valence electrons.